The van der Waals surface area contributed by atoms with Gasteiger partial charge in [-0.05, 0) is 50.7 Å². The summed E-state index contributed by atoms with van der Waals surface area (Å²) in [5.74, 6) is 0.502. The minimum absolute atomic E-state index is 0.0287. The molecule has 1 saturated heterocycles. The number of rotatable bonds is 3. The molecule has 1 aromatic rings. The summed E-state index contributed by atoms with van der Waals surface area (Å²) < 4.78 is 35.1. The lowest BCUT2D eigenvalue weighted by Crippen LogP contribution is -2.53. The van der Waals surface area contributed by atoms with Gasteiger partial charge in [-0.3, -0.25) is 4.79 Å². The van der Waals surface area contributed by atoms with Crippen LogP contribution in [0.5, 0.6) is 5.75 Å². The van der Waals surface area contributed by atoms with Crippen LogP contribution in [0.4, 0.5) is 0 Å². The molecule has 8 heteroatoms. The highest BCUT2D eigenvalue weighted by molar-refractivity contribution is 7.86. The molecule has 0 aromatic heterocycles. The molecular weight excluding hydrogens is 366 g/mol. The van der Waals surface area contributed by atoms with Crippen molar-refractivity contribution in [3.05, 3.63) is 29.8 Å². The number of amides is 1. The van der Waals surface area contributed by atoms with E-state index in [1.807, 2.05) is 18.2 Å². The molecule has 0 bridgehead atoms. The molecule has 27 heavy (non-hydrogen) atoms. The van der Waals surface area contributed by atoms with E-state index in [0.29, 0.717) is 43.8 Å². The summed E-state index contributed by atoms with van der Waals surface area (Å²) in [5, 5.41) is 2.98. The van der Waals surface area contributed by atoms with Crippen LogP contribution in [0.15, 0.2) is 24.3 Å². The van der Waals surface area contributed by atoms with E-state index in [-0.39, 0.29) is 11.9 Å². The monoisotopic (exact) mass is 393 g/mol. The molecule has 1 spiro atoms. The Morgan fingerprint density at radius 1 is 1.19 bits per heavy atom. The van der Waals surface area contributed by atoms with E-state index >= 15 is 0 Å². The quantitative estimate of drug-likeness (QED) is 0.849. The molecule has 0 unspecified atom stereocenters. The van der Waals surface area contributed by atoms with Gasteiger partial charge >= 0.3 is 0 Å². The van der Waals surface area contributed by atoms with Crippen LogP contribution in [0.2, 0.25) is 0 Å². The fraction of sp³-hybridized carbons (Fsp3) is 0.632. The predicted octanol–water partition coefficient (Wildman–Crippen LogP) is 1.76. The van der Waals surface area contributed by atoms with Crippen molar-refractivity contribution >= 4 is 16.1 Å². The molecule has 2 heterocycles. The van der Waals surface area contributed by atoms with Gasteiger partial charge in [-0.15, -0.1) is 0 Å². The van der Waals surface area contributed by atoms with Crippen LogP contribution < -0.4 is 10.1 Å². The fourth-order valence-electron chi connectivity index (χ4n) is 4.41. The van der Waals surface area contributed by atoms with Crippen molar-refractivity contribution in [1.29, 1.82) is 0 Å². The molecule has 2 fully saturated rings. The van der Waals surface area contributed by atoms with Gasteiger partial charge in [0.1, 0.15) is 11.4 Å². The number of benzene rings is 1. The van der Waals surface area contributed by atoms with E-state index in [1.54, 1.807) is 21.7 Å². The molecule has 3 aliphatic rings. The minimum Gasteiger partial charge on any atom is -0.485 e. The molecular formula is C19H27N3O4S. The van der Waals surface area contributed by atoms with Gasteiger partial charge in [0.25, 0.3) is 16.1 Å². The first-order valence-corrected chi connectivity index (χ1v) is 11.1. The predicted molar refractivity (Wildman–Crippen MR) is 102 cm³/mol. The molecule has 1 aliphatic carbocycles. The van der Waals surface area contributed by atoms with Gasteiger partial charge in [-0.2, -0.15) is 17.0 Å². The van der Waals surface area contributed by atoms with Crippen molar-refractivity contribution in [2.24, 2.45) is 0 Å². The van der Waals surface area contributed by atoms with Crippen molar-refractivity contribution in [3.8, 4) is 5.75 Å². The third-order valence-electron chi connectivity index (χ3n) is 6.17. The van der Waals surface area contributed by atoms with Crippen LogP contribution in [-0.2, 0) is 10.2 Å². The first-order chi connectivity index (χ1) is 12.9. The molecule has 1 saturated carbocycles. The van der Waals surface area contributed by atoms with Gasteiger partial charge in [0, 0.05) is 26.2 Å². The first kappa shape index (κ1) is 18.7. The zero-order valence-electron chi connectivity index (χ0n) is 15.7. The highest BCUT2D eigenvalue weighted by atomic mass is 32.2. The maximum absolute atomic E-state index is 12.8. The molecule has 1 amide bonds. The SMILES string of the molecule is CN(C1CCC2(CC1)CNC(=O)c1ccccc1O2)S(=O)(=O)N1CCCC1. The number of hydrogen-bond donors (Lipinski definition) is 1. The maximum Gasteiger partial charge on any atom is 0.281 e. The molecule has 7 nitrogen and oxygen atoms in total. The summed E-state index contributed by atoms with van der Waals surface area (Å²) in [6.45, 7) is 1.69. The maximum atomic E-state index is 12.8. The summed E-state index contributed by atoms with van der Waals surface area (Å²) >= 11 is 0. The van der Waals surface area contributed by atoms with Crippen molar-refractivity contribution in [3.63, 3.8) is 0 Å². The van der Waals surface area contributed by atoms with E-state index in [2.05, 4.69) is 5.32 Å². The Morgan fingerprint density at radius 3 is 2.56 bits per heavy atom. The standard InChI is InChI=1S/C19H27N3O4S/c1-21(27(24,25)22-12-4-5-13-22)15-8-10-19(11-9-15)14-20-18(23)16-6-2-3-7-17(16)26-19/h2-3,6-7,15H,4-5,8-14H2,1H3,(H,20,23). The average molecular weight is 394 g/mol. The number of fused-ring (bicyclic) bond motifs is 1. The van der Waals surface area contributed by atoms with Crippen LogP contribution in [0.1, 0.15) is 48.9 Å². The first-order valence-electron chi connectivity index (χ1n) is 9.71. The Hall–Kier alpha value is -1.64. The lowest BCUT2D eigenvalue weighted by molar-refractivity contribution is 0.0191. The molecule has 148 valence electrons. The topological polar surface area (TPSA) is 79.0 Å². The van der Waals surface area contributed by atoms with Crippen LogP contribution in [0.3, 0.4) is 0 Å². The molecule has 1 aromatic carbocycles. The third-order valence-corrected chi connectivity index (χ3v) is 8.21. The number of carbonyl (C=O) groups is 1. The van der Waals surface area contributed by atoms with Crippen LogP contribution in [-0.4, -0.2) is 61.3 Å². The summed E-state index contributed by atoms with van der Waals surface area (Å²) in [6, 6.07) is 7.27. The number of carbonyl (C=O) groups excluding carboxylic acids is 1. The number of nitrogens with zero attached hydrogens (tertiary/aromatic N) is 2. The number of ether oxygens (including phenoxy) is 1. The fourth-order valence-corrected chi connectivity index (χ4v) is 6.08. The molecule has 0 atom stereocenters. The molecule has 4 rings (SSSR count). The Labute approximate surface area is 160 Å². The molecule has 2 aliphatic heterocycles. The van der Waals surface area contributed by atoms with Crippen LogP contribution >= 0.6 is 0 Å². The highest BCUT2D eigenvalue weighted by Gasteiger charge is 2.43. The third kappa shape index (κ3) is 3.46. The zero-order valence-corrected chi connectivity index (χ0v) is 16.5. The van der Waals surface area contributed by atoms with E-state index < -0.39 is 15.8 Å². The Balaban J connectivity index is 1.46. The van der Waals surface area contributed by atoms with Gasteiger partial charge in [0.05, 0.1) is 12.1 Å². The summed E-state index contributed by atoms with van der Waals surface area (Å²) in [6.07, 6.45) is 4.75. The second kappa shape index (κ2) is 7.07. The smallest absolute Gasteiger partial charge is 0.281 e. The van der Waals surface area contributed by atoms with Crippen molar-refractivity contribution < 1.29 is 17.9 Å². The minimum atomic E-state index is -3.39. The van der Waals surface area contributed by atoms with E-state index in [9.17, 15) is 13.2 Å². The lowest BCUT2D eigenvalue weighted by atomic mass is 9.82. The van der Waals surface area contributed by atoms with Gasteiger partial charge in [-0.1, -0.05) is 12.1 Å². The Morgan fingerprint density at radius 2 is 1.85 bits per heavy atom. The Kier molecular flexibility index (Phi) is 4.90. The largest absolute Gasteiger partial charge is 0.485 e. The van der Waals surface area contributed by atoms with E-state index in [0.717, 1.165) is 25.7 Å². The number of nitrogens with one attached hydrogen (secondary N) is 1. The zero-order chi connectivity index (χ0) is 19.1. The molecule has 1 N–H and O–H groups in total. The normalized spacial score (nSPS) is 29.3. The van der Waals surface area contributed by atoms with Gasteiger partial charge in [0.15, 0.2) is 0 Å². The molecule has 0 radical (unpaired) electrons. The van der Waals surface area contributed by atoms with E-state index in [4.69, 9.17) is 4.74 Å². The summed E-state index contributed by atoms with van der Waals surface area (Å²) in [5.41, 5.74) is 0.0991. The van der Waals surface area contributed by atoms with Crippen molar-refractivity contribution in [2.75, 3.05) is 26.7 Å². The van der Waals surface area contributed by atoms with Gasteiger partial charge in [0.2, 0.25) is 0 Å². The summed E-state index contributed by atoms with van der Waals surface area (Å²) in [7, 11) is -1.69. The van der Waals surface area contributed by atoms with Crippen molar-refractivity contribution in [2.45, 2.75) is 50.2 Å². The lowest BCUT2D eigenvalue weighted by Gasteiger charge is -2.42. The van der Waals surface area contributed by atoms with E-state index in [1.165, 1.54) is 0 Å². The average Bonchev–Trinajstić information content (AvgIpc) is 3.18. The second-order valence-corrected chi connectivity index (χ2v) is 9.81. The van der Waals surface area contributed by atoms with Gasteiger partial charge in [-0.25, -0.2) is 0 Å². The van der Waals surface area contributed by atoms with Crippen LogP contribution in [0.25, 0.3) is 0 Å². The number of hydrogen-bond acceptors (Lipinski definition) is 4. The van der Waals surface area contributed by atoms with Crippen molar-refractivity contribution in [1.82, 2.24) is 13.9 Å². The second-order valence-electron chi connectivity index (χ2n) is 7.83. The van der Waals surface area contributed by atoms with Crippen LogP contribution in [0, 0.1) is 0 Å². The Bertz CT molecular complexity index is 812. The summed E-state index contributed by atoms with van der Waals surface area (Å²) in [4.78, 5) is 12.3. The number of para-hydroxylation sites is 1. The van der Waals surface area contributed by atoms with Gasteiger partial charge < -0.3 is 10.1 Å². The highest BCUT2D eigenvalue weighted by Crippen LogP contribution is 2.38.